The monoisotopic (exact) mass is 210 g/mol. The number of hydrogen-bond acceptors (Lipinski definition) is 2. The van der Waals surface area contributed by atoms with E-state index in [-0.39, 0.29) is 0 Å². The van der Waals surface area contributed by atoms with Crippen LogP contribution in [0.3, 0.4) is 0 Å². The van der Waals surface area contributed by atoms with Crippen molar-refractivity contribution in [1.29, 1.82) is 0 Å². The average Bonchev–Trinajstić information content (AvgIpc) is 2.18. The zero-order valence-corrected chi connectivity index (χ0v) is 8.62. The van der Waals surface area contributed by atoms with E-state index < -0.39 is 0 Å². The lowest BCUT2D eigenvalue weighted by Gasteiger charge is -2.06. The van der Waals surface area contributed by atoms with Crippen LogP contribution in [0.4, 0.5) is 0 Å². The van der Waals surface area contributed by atoms with Crippen LogP contribution in [0.5, 0.6) is 5.75 Å². The molecule has 3 heteroatoms. The van der Waals surface area contributed by atoms with Gasteiger partial charge in [-0.3, -0.25) is 4.79 Å². The highest BCUT2D eigenvalue weighted by Crippen LogP contribution is 2.23. The molecule has 14 heavy (non-hydrogen) atoms. The first-order chi connectivity index (χ1) is 6.77. The van der Waals surface area contributed by atoms with Gasteiger partial charge < -0.3 is 4.74 Å². The van der Waals surface area contributed by atoms with E-state index >= 15 is 0 Å². The number of carbonyl (C=O) groups excluding carboxylic acids is 1. The van der Waals surface area contributed by atoms with Crippen LogP contribution in [-0.2, 0) is 4.79 Å². The Morgan fingerprint density at radius 2 is 2.29 bits per heavy atom. The summed E-state index contributed by atoms with van der Waals surface area (Å²) in [7, 11) is 0. The molecular weight excluding hydrogens is 200 g/mol. The molecule has 0 fully saturated rings. The Hall–Kier alpha value is -1.28. The standard InChI is InChI=1S/C11H11ClO2/c1-2-14-11-6-5-10(12)8-9(11)4-3-7-13/h3-8H,2H2,1H3/b4-3+. The third-order valence-electron chi connectivity index (χ3n) is 1.63. The van der Waals surface area contributed by atoms with Gasteiger partial charge in [-0.25, -0.2) is 0 Å². The number of hydrogen-bond donors (Lipinski definition) is 0. The van der Waals surface area contributed by atoms with Crippen molar-refractivity contribution < 1.29 is 9.53 Å². The van der Waals surface area contributed by atoms with Crippen LogP contribution < -0.4 is 4.74 Å². The Kier molecular flexibility index (Phi) is 4.20. The Bertz CT molecular complexity index is 345. The number of halogens is 1. The molecule has 2 nitrogen and oxygen atoms in total. The molecule has 0 radical (unpaired) electrons. The molecule has 0 saturated heterocycles. The second-order valence-corrected chi connectivity index (χ2v) is 3.05. The summed E-state index contributed by atoms with van der Waals surface area (Å²) in [5, 5.41) is 0.624. The molecule has 0 aliphatic rings. The highest BCUT2D eigenvalue weighted by Gasteiger charge is 2.00. The SMILES string of the molecule is CCOc1ccc(Cl)cc1/C=C/C=O. The van der Waals surface area contributed by atoms with Gasteiger partial charge in [0.1, 0.15) is 12.0 Å². The molecule has 0 spiro atoms. The van der Waals surface area contributed by atoms with Gasteiger partial charge in [0.15, 0.2) is 0 Å². The average molecular weight is 211 g/mol. The Balaban J connectivity index is 3.02. The lowest BCUT2D eigenvalue weighted by molar-refractivity contribution is -0.104. The molecule has 0 atom stereocenters. The maximum Gasteiger partial charge on any atom is 0.142 e. The van der Waals surface area contributed by atoms with Gasteiger partial charge in [-0.05, 0) is 37.3 Å². The minimum atomic E-state index is 0.587. The van der Waals surface area contributed by atoms with Crippen LogP contribution in [-0.4, -0.2) is 12.9 Å². The van der Waals surface area contributed by atoms with E-state index in [0.717, 1.165) is 17.6 Å². The third kappa shape index (κ3) is 2.89. The summed E-state index contributed by atoms with van der Waals surface area (Å²) < 4.78 is 5.36. The summed E-state index contributed by atoms with van der Waals surface area (Å²) in [5.74, 6) is 0.731. The van der Waals surface area contributed by atoms with Crippen molar-refractivity contribution in [3.05, 3.63) is 34.9 Å². The number of carbonyl (C=O) groups is 1. The van der Waals surface area contributed by atoms with Gasteiger partial charge in [-0.15, -0.1) is 0 Å². The van der Waals surface area contributed by atoms with Crippen LogP contribution in [0.25, 0.3) is 6.08 Å². The van der Waals surface area contributed by atoms with E-state index in [0.29, 0.717) is 11.6 Å². The second kappa shape index (κ2) is 5.45. The van der Waals surface area contributed by atoms with E-state index in [1.165, 1.54) is 6.08 Å². The highest BCUT2D eigenvalue weighted by molar-refractivity contribution is 6.30. The summed E-state index contributed by atoms with van der Waals surface area (Å²) in [6, 6.07) is 5.30. The van der Waals surface area contributed by atoms with Crippen molar-refractivity contribution in [1.82, 2.24) is 0 Å². The Labute approximate surface area is 88.1 Å². The largest absolute Gasteiger partial charge is 0.493 e. The van der Waals surface area contributed by atoms with Crippen LogP contribution in [0.1, 0.15) is 12.5 Å². The maximum atomic E-state index is 10.2. The smallest absolute Gasteiger partial charge is 0.142 e. The van der Waals surface area contributed by atoms with Gasteiger partial charge in [-0.1, -0.05) is 11.6 Å². The van der Waals surface area contributed by atoms with Gasteiger partial charge in [-0.2, -0.15) is 0 Å². The van der Waals surface area contributed by atoms with Crippen molar-refractivity contribution in [2.75, 3.05) is 6.61 Å². The summed E-state index contributed by atoms with van der Waals surface area (Å²) in [5.41, 5.74) is 0.812. The summed E-state index contributed by atoms with van der Waals surface area (Å²) in [6.07, 6.45) is 3.80. The van der Waals surface area contributed by atoms with E-state index in [1.54, 1.807) is 24.3 Å². The van der Waals surface area contributed by atoms with E-state index in [1.807, 2.05) is 6.92 Å². The molecule has 74 valence electrons. The normalized spacial score (nSPS) is 10.4. The number of benzene rings is 1. The predicted octanol–water partition coefficient (Wildman–Crippen LogP) is 2.95. The van der Waals surface area contributed by atoms with Crippen LogP contribution >= 0.6 is 11.6 Å². The summed E-state index contributed by atoms with van der Waals surface area (Å²) in [4.78, 5) is 10.2. The fraction of sp³-hybridized carbons (Fsp3) is 0.182. The van der Waals surface area contributed by atoms with E-state index in [9.17, 15) is 4.79 Å². The zero-order chi connectivity index (χ0) is 10.4. The molecule has 1 rings (SSSR count). The first-order valence-electron chi connectivity index (χ1n) is 4.32. The van der Waals surface area contributed by atoms with Gasteiger partial charge in [0, 0.05) is 10.6 Å². The van der Waals surface area contributed by atoms with Crippen molar-refractivity contribution in [2.45, 2.75) is 6.92 Å². The molecule has 0 saturated carbocycles. The third-order valence-corrected chi connectivity index (χ3v) is 1.86. The van der Waals surface area contributed by atoms with Crippen LogP contribution in [0, 0.1) is 0 Å². The molecule has 1 aromatic rings. The Morgan fingerprint density at radius 3 is 2.93 bits per heavy atom. The summed E-state index contributed by atoms with van der Waals surface area (Å²) >= 11 is 5.82. The molecule has 0 aliphatic carbocycles. The number of aldehydes is 1. The van der Waals surface area contributed by atoms with Gasteiger partial charge in [0.05, 0.1) is 6.61 Å². The lowest BCUT2D eigenvalue weighted by atomic mass is 10.2. The molecule has 0 aromatic heterocycles. The molecule has 0 unspecified atom stereocenters. The fourth-order valence-corrected chi connectivity index (χ4v) is 1.26. The topological polar surface area (TPSA) is 26.3 Å². The zero-order valence-electron chi connectivity index (χ0n) is 7.87. The van der Waals surface area contributed by atoms with Gasteiger partial charge in [0.2, 0.25) is 0 Å². The van der Waals surface area contributed by atoms with Gasteiger partial charge >= 0.3 is 0 Å². The molecule has 0 bridgehead atoms. The second-order valence-electron chi connectivity index (χ2n) is 2.61. The number of rotatable bonds is 4. The van der Waals surface area contributed by atoms with Gasteiger partial charge in [0.25, 0.3) is 0 Å². The van der Waals surface area contributed by atoms with Crippen molar-refractivity contribution in [3.63, 3.8) is 0 Å². The molecule has 0 aliphatic heterocycles. The minimum absolute atomic E-state index is 0.587. The van der Waals surface area contributed by atoms with Crippen molar-refractivity contribution in [3.8, 4) is 5.75 Å². The van der Waals surface area contributed by atoms with Crippen molar-refractivity contribution in [2.24, 2.45) is 0 Å². The Morgan fingerprint density at radius 1 is 1.50 bits per heavy atom. The predicted molar refractivity (Wildman–Crippen MR) is 57.7 cm³/mol. The number of allylic oxidation sites excluding steroid dienone is 1. The van der Waals surface area contributed by atoms with Crippen LogP contribution in [0.2, 0.25) is 5.02 Å². The summed E-state index contributed by atoms with van der Waals surface area (Å²) in [6.45, 7) is 2.49. The minimum Gasteiger partial charge on any atom is -0.493 e. The lowest BCUT2D eigenvalue weighted by Crippen LogP contribution is -1.93. The molecule has 0 N–H and O–H groups in total. The first kappa shape index (κ1) is 10.8. The van der Waals surface area contributed by atoms with E-state index in [2.05, 4.69) is 0 Å². The molecular formula is C11H11ClO2. The highest BCUT2D eigenvalue weighted by atomic mass is 35.5. The number of ether oxygens (including phenoxy) is 1. The van der Waals surface area contributed by atoms with Crippen LogP contribution in [0.15, 0.2) is 24.3 Å². The molecule has 1 aromatic carbocycles. The molecule has 0 heterocycles. The maximum absolute atomic E-state index is 10.2. The van der Waals surface area contributed by atoms with E-state index in [4.69, 9.17) is 16.3 Å². The quantitative estimate of drug-likeness (QED) is 0.564. The first-order valence-corrected chi connectivity index (χ1v) is 4.70. The molecule has 0 amide bonds. The van der Waals surface area contributed by atoms with Crippen molar-refractivity contribution >= 4 is 24.0 Å². The fourth-order valence-electron chi connectivity index (χ4n) is 1.08.